The molecule has 0 spiro atoms. The van der Waals surface area contributed by atoms with E-state index < -0.39 is 0 Å². The van der Waals surface area contributed by atoms with E-state index in [0.717, 1.165) is 42.2 Å². The molecule has 3 heterocycles. The lowest BCUT2D eigenvalue weighted by Gasteiger charge is -2.37. The number of hydrogen-bond acceptors (Lipinski definition) is 4. The van der Waals surface area contributed by atoms with Crippen molar-refractivity contribution < 1.29 is 9.18 Å². The average molecular weight is 407 g/mol. The fourth-order valence-corrected chi connectivity index (χ4v) is 3.98. The smallest absolute Gasteiger partial charge is 0.242 e. The molecule has 2 aliphatic rings. The highest BCUT2D eigenvalue weighted by Crippen LogP contribution is 2.25. The SMILES string of the molecule is CCC1=CC(c2ccc(F)cc2)=CCN1CC(=O)N1CCN(c2ccccn2)CC1. The summed E-state index contributed by atoms with van der Waals surface area (Å²) in [6, 6.07) is 12.5. The third-order valence-corrected chi connectivity index (χ3v) is 5.73. The van der Waals surface area contributed by atoms with Crippen LogP contribution < -0.4 is 4.90 Å². The number of piperazine rings is 1. The predicted octanol–water partition coefficient (Wildman–Crippen LogP) is 3.56. The molecule has 0 saturated carbocycles. The number of amides is 1. The van der Waals surface area contributed by atoms with Crippen LogP contribution in [0.4, 0.5) is 10.2 Å². The molecule has 0 aliphatic carbocycles. The number of hydrogen-bond donors (Lipinski definition) is 0. The highest BCUT2D eigenvalue weighted by molar-refractivity contribution is 5.80. The van der Waals surface area contributed by atoms with Gasteiger partial charge in [-0.15, -0.1) is 0 Å². The number of rotatable bonds is 5. The van der Waals surface area contributed by atoms with Crippen LogP contribution in [0, 0.1) is 5.82 Å². The maximum Gasteiger partial charge on any atom is 0.242 e. The topological polar surface area (TPSA) is 39.7 Å². The van der Waals surface area contributed by atoms with Crippen LogP contribution in [-0.4, -0.2) is 60.0 Å². The van der Waals surface area contributed by atoms with Gasteiger partial charge in [0.15, 0.2) is 0 Å². The lowest BCUT2D eigenvalue weighted by Crippen LogP contribution is -2.51. The molecule has 1 amide bonds. The molecule has 0 unspecified atom stereocenters. The Labute approximate surface area is 177 Å². The van der Waals surface area contributed by atoms with Gasteiger partial charge >= 0.3 is 0 Å². The van der Waals surface area contributed by atoms with Gasteiger partial charge in [-0.25, -0.2) is 9.37 Å². The Balaban J connectivity index is 1.35. The molecular formula is C24H27FN4O. The predicted molar refractivity (Wildman–Crippen MR) is 117 cm³/mol. The van der Waals surface area contributed by atoms with Crippen molar-refractivity contribution in [3.05, 3.63) is 77.9 Å². The second-order valence-electron chi connectivity index (χ2n) is 7.59. The van der Waals surface area contributed by atoms with E-state index in [1.165, 1.54) is 12.1 Å². The van der Waals surface area contributed by atoms with Crippen LogP contribution in [0.3, 0.4) is 0 Å². The summed E-state index contributed by atoms with van der Waals surface area (Å²) in [5.74, 6) is 0.897. The minimum Gasteiger partial charge on any atom is -0.362 e. The van der Waals surface area contributed by atoms with Gasteiger partial charge in [0, 0.05) is 44.6 Å². The summed E-state index contributed by atoms with van der Waals surface area (Å²) in [5, 5.41) is 0. The molecule has 0 N–H and O–H groups in total. The number of pyridine rings is 1. The summed E-state index contributed by atoms with van der Waals surface area (Å²) in [6.07, 6.45) is 6.87. The van der Waals surface area contributed by atoms with Crippen molar-refractivity contribution >= 4 is 17.3 Å². The zero-order valence-electron chi connectivity index (χ0n) is 17.3. The van der Waals surface area contributed by atoms with E-state index in [9.17, 15) is 9.18 Å². The highest BCUT2D eigenvalue weighted by atomic mass is 19.1. The monoisotopic (exact) mass is 406 g/mol. The first-order valence-corrected chi connectivity index (χ1v) is 10.5. The summed E-state index contributed by atoms with van der Waals surface area (Å²) >= 11 is 0. The van der Waals surface area contributed by atoms with Gasteiger partial charge in [-0.3, -0.25) is 4.79 Å². The first-order chi connectivity index (χ1) is 14.6. The maximum atomic E-state index is 13.2. The number of halogens is 1. The molecule has 4 rings (SSSR count). The summed E-state index contributed by atoms with van der Waals surface area (Å²) in [5.41, 5.74) is 3.22. The molecule has 1 aromatic carbocycles. The largest absolute Gasteiger partial charge is 0.362 e. The lowest BCUT2D eigenvalue weighted by atomic mass is 10.0. The number of nitrogens with zero attached hydrogens (tertiary/aromatic N) is 4. The average Bonchev–Trinajstić information content (AvgIpc) is 2.80. The Kier molecular flexibility index (Phi) is 6.12. The Hall–Kier alpha value is -3.15. The van der Waals surface area contributed by atoms with Crippen LogP contribution in [0.25, 0.3) is 5.57 Å². The highest BCUT2D eigenvalue weighted by Gasteiger charge is 2.24. The van der Waals surface area contributed by atoms with Crippen molar-refractivity contribution in [1.29, 1.82) is 0 Å². The van der Waals surface area contributed by atoms with Crippen LogP contribution in [-0.2, 0) is 4.79 Å². The van der Waals surface area contributed by atoms with Crippen molar-refractivity contribution in [3.8, 4) is 0 Å². The molecule has 30 heavy (non-hydrogen) atoms. The van der Waals surface area contributed by atoms with E-state index in [2.05, 4.69) is 33.9 Å². The van der Waals surface area contributed by atoms with Crippen LogP contribution in [0.15, 0.2) is 66.5 Å². The van der Waals surface area contributed by atoms with Gasteiger partial charge in [-0.2, -0.15) is 0 Å². The second-order valence-corrected chi connectivity index (χ2v) is 7.59. The third-order valence-electron chi connectivity index (χ3n) is 5.73. The minimum atomic E-state index is -0.231. The first kappa shape index (κ1) is 20.1. The molecule has 2 aliphatic heterocycles. The zero-order valence-corrected chi connectivity index (χ0v) is 17.3. The third kappa shape index (κ3) is 4.53. The van der Waals surface area contributed by atoms with Gasteiger partial charge in [0.2, 0.25) is 5.91 Å². The van der Waals surface area contributed by atoms with E-state index in [0.29, 0.717) is 26.2 Å². The number of benzene rings is 1. The van der Waals surface area contributed by atoms with Gasteiger partial charge in [0.05, 0.1) is 6.54 Å². The molecular weight excluding hydrogens is 379 g/mol. The zero-order chi connectivity index (χ0) is 20.9. The van der Waals surface area contributed by atoms with Gasteiger partial charge < -0.3 is 14.7 Å². The number of aromatic nitrogens is 1. The first-order valence-electron chi connectivity index (χ1n) is 10.5. The standard InChI is InChI=1S/C24H27FN4O/c1-2-22-17-20(19-6-8-21(25)9-7-19)10-12-29(22)18-24(30)28-15-13-27(14-16-28)23-5-3-4-11-26-23/h3-11,17H,2,12-16,18H2,1H3. The van der Waals surface area contributed by atoms with Crippen molar-refractivity contribution in [2.24, 2.45) is 0 Å². The van der Waals surface area contributed by atoms with Crippen LogP contribution in [0.5, 0.6) is 0 Å². The van der Waals surface area contributed by atoms with Gasteiger partial charge in [-0.1, -0.05) is 31.2 Å². The number of carbonyl (C=O) groups is 1. The van der Waals surface area contributed by atoms with Crippen molar-refractivity contribution in [3.63, 3.8) is 0 Å². The summed E-state index contributed by atoms with van der Waals surface area (Å²) < 4.78 is 13.2. The lowest BCUT2D eigenvalue weighted by molar-refractivity contribution is -0.132. The Bertz CT molecular complexity index is 931. The molecule has 1 aromatic heterocycles. The number of carbonyl (C=O) groups excluding carboxylic acids is 1. The Morgan fingerprint density at radius 1 is 1.07 bits per heavy atom. The van der Waals surface area contributed by atoms with E-state index in [4.69, 9.17) is 0 Å². The molecule has 1 fully saturated rings. The molecule has 156 valence electrons. The van der Waals surface area contributed by atoms with Gasteiger partial charge in [-0.05, 0) is 47.9 Å². The van der Waals surface area contributed by atoms with Gasteiger partial charge in [0.25, 0.3) is 0 Å². The minimum absolute atomic E-state index is 0.161. The molecule has 0 bridgehead atoms. The molecule has 5 nitrogen and oxygen atoms in total. The molecule has 0 radical (unpaired) electrons. The quantitative estimate of drug-likeness (QED) is 0.761. The molecule has 2 aromatic rings. The number of allylic oxidation sites excluding steroid dienone is 3. The fourth-order valence-electron chi connectivity index (χ4n) is 3.98. The Morgan fingerprint density at radius 3 is 2.50 bits per heavy atom. The van der Waals surface area contributed by atoms with Gasteiger partial charge in [0.1, 0.15) is 11.6 Å². The Morgan fingerprint density at radius 2 is 1.83 bits per heavy atom. The summed E-state index contributed by atoms with van der Waals surface area (Å²) in [4.78, 5) is 23.6. The van der Waals surface area contributed by atoms with E-state index in [-0.39, 0.29) is 11.7 Å². The molecule has 0 atom stereocenters. The van der Waals surface area contributed by atoms with E-state index in [1.54, 1.807) is 18.3 Å². The summed E-state index contributed by atoms with van der Waals surface area (Å²) in [7, 11) is 0. The second kappa shape index (κ2) is 9.11. The van der Waals surface area contributed by atoms with Crippen molar-refractivity contribution in [2.75, 3.05) is 44.2 Å². The van der Waals surface area contributed by atoms with Crippen LogP contribution in [0.1, 0.15) is 18.9 Å². The summed E-state index contributed by atoms with van der Waals surface area (Å²) in [6.45, 7) is 6.20. The van der Waals surface area contributed by atoms with Crippen LogP contribution in [0.2, 0.25) is 0 Å². The number of anilines is 1. The maximum absolute atomic E-state index is 13.2. The van der Waals surface area contributed by atoms with E-state index in [1.807, 2.05) is 23.1 Å². The van der Waals surface area contributed by atoms with Crippen molar-refractivity contribution in [1.82, 2.24) is 14.8 Å². The van der Waals surface area contributed by atoms with E-state index >= 15 is 0 Å². The molecule has 1 saturated heterocycles. The normalized spacial score (nSPS) is 16.9. The molecule has 6 heteroatoms. The van der Waals surface area contributed by atoms with Crippen LogP contribution >= 0.6 is 0 Å². The fraction of sp³-hybridized carbons (Fsp3) is 0.333. The van der Waals surface area contributed by atoms with Crippen molar-refractivity contribution in [2.45, 2.75) is 13.3 Å².